The van der Waals surface area contributed by atoms with Gasteiger partial charge < -0.3 is 4.90 Å². The number of hydrogen-bond acceptors (Lipinski definition) is 2. The van der Waals surface area contributed by atoms with Crippen molar-refractivity contribution < 1.29 is 0 Å². The van der Waals surface area contributed by atoms with Crippen molar-refractivity contribution in [2.24, 2.45) is 0 Å². The summed E-state index contributed by atoms with van der Waals surface area (Å²) in [5.74, 6) is 0. The Labute approximate surface area is 102 Å². The second-order valence-corrected chi connectivity index (χ2v) is 5.65. The summed E-state index contributed by atoms with van der Waals surface area (Å²) in [4.78, 5) is 5.35. The summed E-state index contributed by atoms with van der Waals surface area (Å²) in [6.45, 7) is 6.44. The molecule has 0 amide bonds. The highest BCUT2D eigenvalue weighted by molar-refractivity contribution is 9.09. The molecule has 88 valence electrons. The SMILES string of the molecule is BrCCN1CCCN(C2CCCC2)CC1. The molecule has 0 bridgehead atoms. The Morgan fingerprint density at radius 1 is 0.933 bits per heavy atom. The normalized spacial score (nSPS) is 27.0. The van der Waals surface area contributed by atoms with Gasteiger partial charge in [-0.1, -0.05) is 28.8 Å². The smallest absolute Gasteiger partial charge is 0.0159 e. The molecule has 0 spiro atoms. The third-order valence-corrected chi connectivity index (χ3v) is 4.22. The zero-order valence-electron chi connectivity index (χ0n) is 9.63. The Balaban J connectivity index is 1.78. The molecule has 0 radical (unpaired) electrons. The van der Waals surface area contributed by atoms with Gasteiger partial charge in [0.05, 0.1) is 0 Å². The van der Waals surface area contributed by atoms with E-state index in [9.17, 15) is 0 Å². The summed E-state index contributed by atoms with van der Waals surface area (Å²) < 4.78 is 0. The molecule has 3 heteroatoms. The molecule has 15 heavy (non-hydrogen) atoms. The van der Waals surface area contributed by atoms with Gasteiger partial charge in [-0.05, 0) is 32.4 Å². The van der Waals surface area contributed by atoms with Gasteiger partial charge in [0.15, 0.2) is 0 Å². The van der Waals surface area contributed by atoms with Crippen LogP contribution in [0.5, 0.6) is 0 Å². The molecule has 1 heterocycles. The van der Waals surface area contributed by atoms with Crippen LogP contribution in [0.4, 0.5) is 0 Å². The first-order valence-corrected chi connectivity index (χ1v) is 7.54. The van der Waals surface area contributed by atoms with Crippen molar-refractivity contribution in [2.75, 3.05) is 38.1 Å². The minimum Gasteiger partial charge on any atom is -0.301 e. The third kappa shape index (κ3) is 3.43. The lowest BCUT2D eigenvalue weighted by molar-refractivity contribution is 0.201. The number of halogens is 1. The molecule has 0 aromatic rings. The molecular weight excluding hydrogens is 252 g/mol. The molecule has 2 fully saturated rings. The van der Waals surface area contributed by atoms with Gasteiger partial charge in [-0.25, -0.2) is 0 Å². The molecular formula is C12H23BrN2. The van der Waals surface area contributed by atoms with Crippen LogP contribution < -0.4 is 0 Å². The maximum absolute atomic E-state index is 3.54. The van der Waals surface area contributed by atoms with Crippen molar-refractivity contribution >= 4 is 15.9 Å². The van der Waals surface area contributed by atoms with Crippen molar-refractivity contribution in [3.05, 3.63) is 0 Å². The number of rotatable bonds is 3. The lowest BCUT2D eigenvalue weighted by Gasteiger charge is -2.27. The maximum Gasteiger partial charge on any atom is 0.0159 e. The Bertz CT molecular complexity index is 180. The van der Waals surface area contributed by atoms with Crippen LogP contribution in [-0.4, -0.2) is 53.9 Å². The van der Waals surface area contributed by atoms with E-state index in [0.717, 1.165) is 11.4 Å². The fourth-order valence-electron chi connectivity index (χ4n) is 2.97. The first-order valence-electron chi connectivity index (χ1n) is 6.42. The Morgan fingerprint density at radius 3 is 2.47 bits per heavy atom. The van der Waals surface area contributed by atoms with Crippen LogP contribution in [0.25, 0.3) is 0 Å². The first kappa shape index (κ1) is 11.9. The van der Waals surface area contributed by atoms with Crippen LogP contribution in [0.15, 0.2) is 0 Å². The first-order chi connectivity index (χ1) is 7.40. The number of nitrogens with zero attached hydrogens (tertiary/aromatic N) is 2. The van der Waals surface area contributed by atoms with Gasteiger partial charge in [-0.3, -0.25) is 4.90 Å². The molecule has 0 aromatic carbocycles. The highest BCUT2D eigenvalue weighted by atomic mass is 79.9. The van der Waals surface area contributed by atoms with Gasteiger partial charge in [-0.15, -0.1) is 0 Å². The fraction of sp³-hybridized carbons (Fsp3) is 1.00. The lowest BCUT2D eigenvalue weighted by Crippen LogP contribution is -2.37. The average Bonchev–Trinajstić information content (AvgIpc) is 2.67. The Hall–Kier alpha value is 0.400. The minimum atomic E-state index is 0.925. The van der Waals surface area contributed by atoms with E-state index in [1.54, 1.807) is 0 Å². The van der Waals surface area contributed by atoms with Gasteiger partial charge in [0.1, 0.15) is 0 Å². The molecule has 1 saturated carbocycles. The van der Waals surface area contributed by atoms with E-state index in [-0.39, 0.29) is 0 Å². The van der Waals surface area contributed by atoms with E-state index in [1.807, 2.05) is 0 Å². The highest BCUT2D eigenvalue weighted by Gasteiger charge is 2.24. The standard InChI is InChI=1S/C12H23BrN2/c13-6-9-14-7-3-8-15(11-10-14)12-4-1-2-5-12/h12H,1-11H2. The van der Waals surface area contributed by atoms with Crippen LogP contribution in [0.1, 0.15) is 32.1 Å². The van der Waals surface area contributed by atoms with E-state index in [2.05, 4.69) is 25.7 Å². The van der Waals surface area contributed by atoms with Gasteiger partial charge in [-0.2, -0.15) is 0 Å². The van der Waals surface area contributed by atoms with E-state index in [0.29, 0.717) is 0 Å². The van der Waals surface area contributed by atoms with E-state index < -0.39 is 0 Å². The fourth-order valence-corrected chi connectivity index (χ4v) is 3.47. The zero-order chi connectivity index (χ0) is 10.5. The number of alkyl halides is 1. The van der Waals surface area contributed by atoms with Crippen molar-refractivity contribution in [2.45, 2.75) is 38.1 Å². The maximum atomic E-state index is 3.54. The monoisotopic (exact) mass is 274 g/mol. The van der Waals surface area contributed by atoms with Gasteiger partial charge >= 0.3 is 0 Å². The Kier molecular flexibility index (Phi) is 4.92. The number of hydrogen-bond donors (Lipinski definition) is 0. The summed E-state index contributed by atoms with van der Waals surface area (Å²) in [7, 11) is 0. The molecule has 1 aliphatic heterocycles. The summed E-state index contributed by atoms with van der Waals surface area (Å²) in [6, 6.07) is 0.925. The quantitative estimate of drug-likeness (QED) is 0.729. The molecule has 0 unspecified atom stereocenters. The van der Waals surface area contributed by atoms with E-state index in [4.69, 9.17) is 0 Å². The third-order valence-electron chi connectivity index (χ3n) is 3.86. The van der Waals surface area contributed by atoms with Crippen LogP contribution in [0.3, 0.4) is 0 Å². The van der Waals surface area contributed by atoms with Crippen molar-refractivity contribution in [3.63, 3.8) is 0 Å². The topological polar surface area (TPSA) is 6.48 Å². The van der Waals surface area contributed by atoms with Gasteiger partial charge in [0, 0.05) is 31.0 Å². The summed E-state index contributed by atoms with van der Waals surface area (Å²) >= 11 is 3.54. The van der Waals surface area contributed by atoms with Crippen molar-refractivity contribution in [3.8, 4) is 0 Å². The van der Waals surface area contributed by atoms with Crippen LogP contribution >= 0.6 is 15.9 Å². The van der Waals surface area contributed by atoms with Crippen LogP contribution in [0, 0.1) is 0 Å². The molecule has 0 N–H and O–H groups in total. The van der Waals surface area contributed by atoms with Crippen molar-refractivity contribution in [1.29, 1.82) is 0 Å². The van der Waals surface area contributed by atoms with Gasteiger partial charge in [0.25, 0.3) is 0 Å². The summed E-state index contributed by atoms with van der Waals surface area (Å²) in [5.41, 5.74) is 0. The van der Waals surface area contributed by atoms with Crippen molar-refractivity contribution in [1.82, 2.24) is 9.80 Å². The van der Waals surface area contributed by atoms with E-state index in [1.165, 1.54) is 64.8 Å². The largest absolute Gasteiger partial charge is 0.301 e. The molecule has 0 atom stereocenters. The lowest BCUT2D eigenvalue weighted by atomic mass is 10.2. The van der Waals surface area contributed by atoms with E-state index >= 15 is 0 Å². The second kappa shape index (κ2) is 6.21. The highest BCUT2D eigenvalue weighted by Crippen LogP contribution is 2.24. The summed E-state index contributed by atoms with van der Waals surface area (Å²) in [5, 5.41) is 1.12. The van der Waals surface area contributed by atoms with Gasteiger partial charge in [0.2, 0.25) is 0 Å². The van der Waals surface area contributed by atoms with Crippen LogP contribution in [0.2, 0.25) is 0 Å². The predicted molar refractivity (Wildman–Crippen MR) is 68.7 cm³/mol. The minimum absolute atomic E-state index is 0.925. The summed E-state index contributed by atoms with van der Waals surface area (Å²) in [6.07, 6.45) is 7.21. The predicted octanol–water partition coefficient (Wildman–Crippen LogP) is 2.33. The molecule has 1 aliphatic carbocycles. The molecule has 0 aromatic heterocycles. The van der Waals surface area contributed by atoms with Crippen LogP contribution in [-0.2, 0) is 0 Å². The average molecular weight is 275 g/mol. The Morgan fingerprint density at radius 2 is 1.73 bits per heavy atom. The second-order valence-electron chi connectivity index (χ2n) is 4.86. The molecule has 2 nitrogen and oxygen atoms in total. The molecule has 2 rings (SSSR count). The molecule has 2 aliphatic rings. The zero-order valence-corrected chi connectivity index (χ0v) is 11.2. The molecule has 1 saturated heterocycles.